The van der Waals surface area contributed by atoms with Gasteiger partial charge in [-0.15, -0.1) is 0 Å². The fourth-order valence-corrected chi connectivity index (χ4v) is 3.17. The van der Waals surface area contributed by atoms with Crippen molar-refractivity contribution in [3.8, 4) is 5.69 Å². The molecule has 29 heavy (non-hydrogen) atoms. The second-order valence-corrected chi connectivity index (χ2v) is 7.26. The van der Waals surface area contributed by atoms with Gasteiger partial charge in [0.2, 0.25) is 0 Å². The molecule has 0 atom stereocenters. The minimum atomic E-state index is -0.332. The summed E-state index contributed by atoms with van der Waals surface area (Å²) < 4.78 is 2.59. The molecule has 0 aliphatic carbocycles. The second kappa shape index (κ2) is 8.24. The van der Waals surface area contributed by atoms with Gasteiger partial charge in [0.1, 0.15) is 0 Å². The van der Waals surface area contributed by atoms with E-state index in [0.717, 1.165) is 10.2 Å². The lowest BCUT2D eigenvalue weighted by atomic mass is 10.0. The van der Waals surface area contributed by atoms with Crippen molar-refractivity contribution in [1.29, 1.82) is 0 Å². The highest BCUT2D eigenvalue weighted by Gasteiger charge is 2.16. The molecule has 1 aromatic heterocycles. The summed E-state index contributed by atoms with van der Waals surface area (Å²) in [5.74, 6) is -0.478. The monoisotopic (exact) mass is 445 g/mol. The maximum Gasteiger partial charge on any atom is 0.258 e. The Labute approximate surface area is 176 Å². The van der Waals surface area contributed by atoms with Crippen LogP contribution in [0.3, 0.4) is 0 Å². The van der Waals surface area contributed by atoms with Crippen LogP contribution in [0.15, 0.2) is 95.7 Å². The molecular weight excluding hydrogens is 430 g/mol. The molecule has 0 radical (unpaired) electrons. The summed E-state index contributed by atoms with van der Waals surface area (Å²) in [6, 6.07) is 23.6. The van der Waals surface area contributed by atoms with Gasteiger partial charge in [0, 0.05) is 21.8 Å². The summed E-state index contributed by atoms with van der Waals surface area (Å²) in [5.41, 5.74) is 2.70. The first kappa shape index (κ1) is 18.8. The van der Waals surface area contributed by atoms with E-state index in [0.29, 0.717) is 22.4 Å². The SMILES string of the molecule is O=C(Nc1ccccc1C(=O)c1ccccc1)c1cnn(-c2ccc(Br)cc2)c1. The molecule has 0 bridgehead atoms. The third kappa shape index (κ3) is 4.17. The average molecular weight is 446 g/mol. The van der Waals surface area contributed by atoms with Gasteiger partial charge in [-0.25, -0.2) is 4.68 Å². The van der Waals surface area contributed by atoms with Crippen molar-refractivity contribution in [2.24, 2.45) is 0 Å². The van der Waals surface area contributed by atoms with Gasteiger partial charge in [-0.05, 0) is 36.4 Å². The molecule has 142 valence electrons. The van der Waals surface area contributed by atoms with Crippen LogP contribution in [0.25, 0.3) is 5.69 Å². The molecule has 1 N–H and O–H groups in total. The summed E-state index contributed by atoms with van der Waals surface area (Å²) in [4.78, 5) is 25.6. The summed E-state index contributed by atoms with van der Waals surface area (Å²) in [6.45, 7) is 0. The first-order valence-electron chi connectivity index (χ1n) is 8.92. The first-order valence-corrected chi connectivity index (χ1v) is 9.72. The predicted octanol–water partition coefficient (Wildman–Crippen LogP) is 5.12. The quantitative estimate of drug-likeness (QED) is 0.433. The number of rotatable bonds is 5. The lowest BCUT2D eigenvalue weighted by Crippen LogP contribution is -2.14. The Bertz CT molecular complexity index is 1170. The molecule has 0 aliphatic rings. The number of ketones is 1. The Morgan fingerprint density at radius 3 is 2.28 bits per heavy atom. The third-order valence-electron chi connectivity index (χ3n) is 4.39. The van der Waals surface area contributed by atoms with E-state index in [-0.39, 0.29) is 11.7 Å². The molecule has 6 heteroatoms. The lowest BCUT2D eigenvalue weighted by molar-refractivity contribution is 0.102. The number of amides is 1. The van der Waals surface area contributed by atoms with E-state index in [2.05, 4.69) is 26.3 Å². The molecule has 3 aromatic carbocycles. The molecule has 0 saturated heterocycles. The summed E-state index contributed by atoms with van der Waals surface area (Å²) in [6.07, 6.45) is 3.15. The Hall–Kier alpha value is -3.51. The highest BCUT2D eigenvalue weighted by Crippen LogP contribution is 2.20. The third-order valence-corrected chi connectivity index (χ3v) is 4.92. The highest BCUT2D eigenvalue weighted by atomic mass is 79.9. The molecule has 0 aliphatic heterocycles. The number of carbonyl (C=O) groups is 2. The number of halogens is 1. The number of hydrogen-bond acceptors (Lipinski definition) is 3. The molecule has 0 unspecified atom stereocenters. The Morgan fingerprint density at radius 1 is 0.828 bits per heavy atom. The molecule has 5 nitrogen and oxygen atoms in total. The van der Waals surface area contributed by atoms with Crippen LogP contribution in [0.1, 0.15) is 26.3 Å². The number of hydrogen-bond donors (Lipinski definition) is 1. The van der Waals surface area contributed by atoms with E-state index in [9.17, 15) is 9.59 Å². The van der Waals surface area contributed by atoms with Crippen molar-refractivity contribution in [3.63, 3.8) is 0 Å². The van der Waals surface area contributed by atoms with Crippen molar-refractivity contribution < 1.29 is 9.59 Å². The molecule has 4 rings (SSSR count). The topological polar surface area (TPSA) is 64.0 Å². The van der Waals surface area contributed by atoms with Crippen LogP contribution >= 0.6 is 15.9 Å². The molecule has 4 aromatic rings. The van der Waals surface area contributed by atoms with E-state index in [4.69, 9.17) is 0 Å². The van der Waals surface area contributed by atoms with Gasteiger partial charge in [-0.3, -0.25) is 9.59 Å². The fraction of sp³-hybridized carbons (Fsp3) is 0. The van der Waals surface area contributed by atoms with Crippen molar-refractivity contribution in [2.45, 2.75) is 0 Å². The molecule has 1 amide bonds. The van der Waals surface area contributed by atoms with E-state index < -0.39 is 0 Å². The number of nitrogens with one attached hydrogen (secondary N) is 1. The molecular formula is C23H16BrN3O2. The zero-order valence-electron chi connectivity index (χ0n) is 15.2. The summed E-state index contributed by atoms with van der Waals surface area (Å²) in [7, 11) is 0. The van der Waals surface area contributed by atoms with E-state index in [1.165, 1.54) is 6.20 Å². The van der Waals surface area contributed by atoms with Crippen molar-refractivity contribution in [2.75, 3.05) is 5.32 Å². The van der Waals surface area contributed by atoms with E-state index in [1.54, 1.807) is 47.3 Å². The van der Waals surface area contributed by atoms with E-state index in [1.807, 2.05) is 42.5 Å². The highest BCUT2D eigenvalue weighted by molar-refractivity contribution is 9.10. The van der Waals surface area contributed by atoms with Crippen LogP contribution in [-0.4, -0.2) is 21.5 Å². The number of anilines is 1. The maximum atomic E-state index is 12.8. The molecule has 0 spiro atoms. The maximum absolute atomic E-state index is 12.8. The van der Waals surface area contributed by atoms with Crippen LogP contribution in [0.4, 0.5) is 5.69 Å². The zero-order chi connectivity index (χ0) is 20.2. The minimum absolute atomic E-state index is 0.146. The van der Waals surface area contributed by atoms with Crippen molar-refractivity contribution in [1.82, 2.24) is 9.78 Å². The van der Waals surface area contributed by atoms with Crippen molar-refractivity contribution in [3.05, 3.63) is 112 Å². The molecule has 1 heterocycles. The Balaban J connectivity index is 1.57. The lowest BCUT2D eigenvalue weighted by Gasteiger charge is -2.10. The Morgan fingerprint density at radius 2 is 1.52 bits per heavy atom. The summed E-state index contributed by atoms with van der Waals surface area (Å²) in [5, 5.41) is 7.09. The average Bonchev–Trinajstić information content (AvgIpc) is 3.25. The summed E-state index contributed by atoms with van der Waals surface area (Å²) >= 11 is 3.40. The van der Waals surface area contributed by atoms with Gasteiger partial charge < -0.3 is 5.32 Å². The van der Waals surface area contributed by atoms with Crippen LogP contribution in [0, 0.1) is 0 Å². The van der Waals surface area contributed by atoms with Gasteiger partial charge in [0.15, 0.2) is 5.78 Å². The van der Waals surface area contributed by atoms with Gasteiger partial charge in [-0.1, -0.05) is 58.4 Å². The van der Waals surface area contributed by atoms with Gasteiger partial charge in [0.25, 0.3) is 5.91 Å². The van der Waals surface area contributed by atoms with Crippen LogP contribution < -0.4 is 5.32 Å². The number of benzene rings is 3. The standard InChI is InChI=1S/C23H16BrN3O2/c24-18-10-12-19(13-11-18)27-15-17(14-25-27)23(29)26-21-9-5-4-8-20(21)22(28)16-6-2-1-3-7-16/h1-15H,(H,26,29). The van der Waals surface area contributed by atoms with E-state index >= 15 is 0 Å². The molecule has 0 saturated carbocycles. The van der Waals surface area contributed by atoms with Crippen LogP contribution in [-0.2, 0) is 0 Å². The number of aromatic nitrogens is 2. The molecule has 0 fully saturated rings. The normalized spacial score (nSPS) is 10.5. The number of para-hydroxylation sites is 1. The smallest absolute Gasteiger partial charge is 0.258 e. The Kier molecular flexibility index (Phi) is 5.35. The van der Waals surface area contributed by atoms with Crippen LogP contribution in [0.2, 0.25) is 0 Å². The van der Waals surface area contributed by atoms with Gasteiger partial charge in [-0.2, -0.15) is 5.10 Å². The second-order valence-electron chi connectivity index (χ2n) is 6.34. The van der Waals surface area contributed by atoms with Gasteiger partial charge >= 0.3 is 0 Å². The fourth-order valence-electron chi connectivity index (χ4n) is 2.90. The number of nitrogens with zero attached hydrogens (tertiary/aromatic N) is 2. The van der Waals surface area contributed by atoms with Crippen molar-refractivity contribution >= 4 is 33.3 Å². The number of carbonyl (C=O) groups excluding carboxylic acids is 2. The first-order chi connectivity index (χ1) is 14.1. The largest absolute Gasteiger partial charge is 0.321 e. The zero-order valence-corrected chi connectivity index (χ0v) is 16.8. The van der Waals surface area contributed by atoms with Crippen LogP contribution in [0.5, 0.6) is 0 Å². The predicted molar refractivity (Wildman–Crippen MR) is 116 cm³/mol. The van der Waals surface area contributed by atoms with Gasteiger partial charge in [0.05, 0.1) is 23.1 Å². The minimum Gasteiger partial charge on any atom is -0.321 e.